The van der Waals surface area contributed by atoms with E-state index in [4.69, 9.17) is 9.72 Å². The van der Waals surface area contributed by atoms with Gasteiger partial charge in [0, 0.05) is 43.4 Å². The third kappa shape index (κ3) is 4.53. The summed E-state index contributed by atoms with van der Waals surface area (Å²) in [6.45, 7) is 9.48. The zero-order chi connectivity index (χ0) is 20.2. The number of hydrogen-bond acceptors (Lipinski definition) is 6. The van der Waals surface area contributed by atoms with E-state index >= 15 is 0 Å². The Morgan fingerprint density at radius 1 is 1.31 bits per heavy atom. The number of aliphatic hydroxyl groups is 1. The van der Waals surface area contributed by atoms with E-state index in [1.165, 1.54) is 28.0 Å². The summed E-state index contributed by atoms with van der Waals surface area (Å²) >= 11 is 1.46. The van der Waals surface area contributed by atoms with Crippen molar-refractivity contribution in [3.63, 3.8) is 0 Å². The van der Waals surface area contributed by atoms with Crippen LogP contribution >= 0.6 is 11.5 Å². The Hall–Kier alpha value is -1.80. The average molecular weight is 415 g/mol. The van der Waals surface area contributed by atoms with E-state index in [0.717, 1.165) is 62.1 Å². The smallest absolute Gasteiger partial charge is 0.175 e. The van der Waals surface area contributed by atoms with Gasteiger partial charge < -0.3 is 14.4 Å². The van der Waals surface area contributed by atoms with Crippen LogP contribution in [0.4, 0.5) is 0 Å². The Balaban J connectivity index is 1.65. The summed E-state index contributed by atoms with van der Waals surface area (Å²) < 4.78 is 12.6. The van der Waals surface area contributed by atoms with Gasteiger partial charge in [0.2, 0.25) is 0 Å². The average Bonchev–Trinajstić information content (AvgIpc) is 3.34. The maximum atomic E-state index is 9.23. The van der Waals surface area contributed by atoms with E-state index in [2.05, 4.69) is 52.1 Å². The monoisotopic (exact) mass is 414 g/mol. The molecule has 0 atom stereocenters. The quantitative estimate of drug-likeness (QED) is 0.609. The molecule has 6 nitrogen and oxygen atoms in total. The van der Waals surface area contributed by atoms with Crippen molar-refractivity contribution in [3.8, 4) is 11.4 Å². The molecule has 0 saturated carbocycles. The fourth-order valence-corrected chi connectivity index (χ4v) is 4.89. The molecule has 7 heteroatoms. The Bertz CT molecular complexity index is 946. The van der Waals surface area contributed by atoms with Gasteiger partial charge in [-0.25, -0.2) is 4.98 Å². The van der Waals surface area contributed by atoms with Crippen LogP contribution in [0.5, 0.6) is 0 Å². The molecule has 1 aliphatic heterocycles. The van der Waals surface area contributed by atoms with Crippen molar-refractivity contribution in [3.05, 3.63) is 35.0 Å². The van der Waals surface area contributed by atoms with Crippen molar-refractivity contribution in [2.45, 2.75) is 39.8 Å². The molecule has 0 radical (unpaired) electrons. The Kier molecular flexibility index (Phi) is 6.60. The third-order valence-electron chi connectivity index (χ3n) is 5.83. The summed E-state index contributed by atoms with van der Waals surface area (Å²) in [7, 11) is 0. The minimum Gasteiger partial charge on any atom is -0.395 e. The van der Waals surface area contributed by atoms with Crippen LogP contribution in [0.15, 0.2) is 24.4 Å². The van der Waals surface area contributed by atoms with Crippen molar-refractivity contribution in [1.82, 2.24) is 18.8 Å². The van der Waals surface area contributed by atoms with Crippen molar-refractivity contribution in [2.24, 2.45) is 5.92 Å². The molecule has 2 aromatic heterocycles. The van der Waals surface area contributed by atoms with Crippen LogP contribution < -0.4 is 0 Å². The summed E-state index contributed by atoms with van der Waals surface area (Å²) in [5.41, 5.74) is 3.70. The molecule has 0 spiro atoms. The molecule has 4 rings (SSSR count). The second kappa shape index (κ2) is 9.34. The zero-order valence-corrected chi connectivity index (χ0v) is 18.1. The predicted molar refractivity (Wildman–Crippen MR) is 117 cm³/mol. The van der Waals surface area contributed by atoms with Crippen molar-refractivity contribution in [2.75, 3.05) is 32.9 Å². The first kappa shape index (κ1) is 20.5. The van der Waals surface area contributed by atoms with Gasteiger partial charge in [-0.2, -0.15) is 4.37 Å². The van der Waals surface area contributed by atoms with E-state index in [1.54, 1.807) is 0 Å². The number of rotatable bonds is 8. The molecule has 1 saturated heterocycles. The Morgan fingerprint density at radius 3 is 2.90 bits per heavy atom. The molecule has 0 aliphatic carbocycles. The standard InChI is InChI=1S/C22H30N4O2S/c1-3-25(9-10-27)15-20-23-22(24-29-20)19-14-26(13-17-7-11-28-12-8-17)21-16(2)5-4-6-18(19)21/h4-6,14,17,27H,3,7-13,15H2,1-2H3. The molecule has 1 fully saturated rings. The minimum absolute atomic E-state index is 0.165. The first-order valence-electron chi connectivity index (χ1n) is 10.5. The molecule has 1 aromatic carbocycles. The first-order valence-corrected chi connectivity index (χ1v) is 11.3. The largest absolute Gasteiger partial charge is 0.395 e. The van der Waals surface area contributed by atoms with Gasteiger partial charge in [0.15, 0.2) is 5.82 Å². The van der Waals surface area contributed by atoms with Gasteiger partial charge in [0.25, 0.3) is 0 Å². The predicted octanol–water partition coefficient (Wildman–Crippen LogP) is 3.71. The Morgan fingerprint density at radius 2 is 2.14 bits per heavy atom. The van der Waals surface area contributed by atoms with Crippen LogP contribution in [0.25, 0.3) is 22.3 Å². The summed E-state index contributed by atoms with van der Waals surface area (Å²) in [5, 5.41) is 11.4. The highest BCUT2D eigenvalue weighted by Gasteiger charge is 2.20. The van der Waals surface area contributed by atoms with Gasteiger partial charge in [-0.1, -0.05) is 25.1 Å². The number of para-hydroxylation sites is 1. The van der Waals surface area contributed by atoms with Crippen molar-refractivity contribution >= 4 is 22.4 Å². The number of benzene rings is 1. The number of aromatic nitrogens is 3. The number of hydrogen-bond donors (Lipinski definition) is 1. The summed E-state index contributed by atoms with van der Waals surface area (Å²) in [6.07, 6.45) is 4.49. The lowest BCUT2D eigenvalue weighted by atomic mass is 10.0. The molecule has 1 N–H and O–H groups in total. The lowest BCUT2D eigenvalue weighted by Crippen LogP contribution is -2.25. The molecule has 0 bridgehead atoms. The van der Waals surface area contributed by atoms with E-state index < -0.39 is 0 Å². The number of aryl methyl sites for hydroxylation is 1. The fraction of sp³-hybridized carbons (Fsp3) is 0.545. The topological polar surface area (TPSA) is 63.4 Å². The first-order chi connectivity index (χ1) is 14.2. The minimum atomic E-state index is 0.165. The molecule has 156 valence electrons. The van der Waals surface area contributed by atoms with Crippen LogP contribution in [0.2, 0.25) is 0 Å². The van der Waals surface area contributed by atoms with Crippen molar-refractivity contribution < 1.29 is 9.84 Å². The highest BCUT2D eigenvalue weighted by molar-refractivity contribution is 7.05. The second-order valence-electron chi connectivity index (χ2n) is 7.83. The van der Waals surface area contributed by atoms with Crippen LogP contribution in [-0.4, -0.2) is 56.8 Å². The van der Waals surface area contributed by atoms with Gasteiger partial charge in [0.05, 0.1) is 18.7 Å². The zero-order valence-electron chi connectivity index (χ0n) is 17.3. The fourth-order valence-electron chi connectivity index (χ4n) is 4.19. The second-order valence-corrected chi connectivity index (χ2v) is 8.66. The van der Waals surface area contributed by atoms with Gasteiger partial charge in [-0.15, -0.1) is 0 Å². The van der Waals surface area contributed by atoms with Gasteiger partial charge in [-0.3, -0.25) is 4.90 Å². The lowest BCUT2D eigenvalue weighted by Gasteiger charge is -2.23. The number of aliphatic hydroxyl groups excluding tert-OH is 1. The number of fused-ring (bicyclic) bond motifs is 1. The third-order valence-corrected chi connectivity index (χ3v) is 6.52. The highest BCUT2D eigenvalue weighted by atomic mass is 32.1. The normalized spacial score (nSPS) is 15.6. The van der Waals surface area contributed by atoms with Crippen LogP contribution in [0.3, 0.4) is 0 Å². The SMILES string of the molecule is CCN(CCO)Cc1nc(-c2cn(CC3CCOCC3)c3c(C)cccc23)ns1. The number of ether oxygens (including phenoxy) is 1. The lowest BCUT2D eigenvalue weighted by molar-refractivity contribution is 0.0616. The highest BCUT2D eigenvalue weighted by Crippen LogP contribution is 2.33. The number of likely N-dealkylation sites (N-methyl/N-ethyl adjacent to an activating group) is 1. The van der Waals surface area contributed by atoms with Crippen molar-refractivity contribution in [1.29, 1.82) is 0 Å². The molecule has 3 aromatic rings. The van der Waals surface area contributed by atoms with E-state index in [1.807, 2.05) is 0 Å². The van der Waals surface area contributed by atoms with Gasteiger partial charge in [0.1, 0.15) is 5.01 Å². The molecule has 0 amide bonds. The molecule has 3 heterocycles. The van der Waals surface area contributed by atoms with E-state index in [9.17, 15) is 5.11 Å². The van der Waals surface area contributed by atoms with Gasteiger partial charge in [-0.05, 0) is 49.3 Å². The van der Waals surface area contributed by atoms with Crippen LogP contribution in [0, 0.1) is 12.8 Å². The molecular formula is C22H30N4O2S. The maximum Gasteiger partial charge on any atom is 0.175 e. The maximum absolute atomic E-state index is 9.23. The van der Waals surface area contributed by atoms with Gasteiger partial charge >= 0.3 is 0 Å². The molecular weight excluding hydrogens is 384 g/mol. The summed E-state index contributed by atoms with van der Waals surface area (Å²) in [5.74, 6) is 1.47. The molecule has 1 aliphatic rings. The summed E-state index contributed by atoms with van der Waals surface area (Å²) in [4.78, 5) is 7.02. The summed E-state index contributed by atoms with van der Waals surface area (Å²) in [6, 6.07) is 6.48. The van der Waals surface area contributed by atoms with E-state index in [0.29, 0.717) is 12.5 Å². The van der Waals surface area contributed by atoms with E-state index in [-0.39, 0.29) is 6.61 Å². The van der Waals surface area contributed by atoms with Crippen LogP contribution in [-0.2, 0) is 17.8 Å². The molecule has 0 unspecified atom stereocenters. The Labute approximate surface area is 176 Å². The number of nitrogens with zero attached hydrogens (tertiary/aromatic N) is 4. The van der Waals surface area contributed by atoms with Crippen LogP contribution in [0.1, 0.15) is 30.3 Å². The molecule has 29 heavy (non-hydrogen) atoms.